The molecule has 1 aliphatic rings. The first-order chi connectivity index (χ1) is 14.7. The predicted molar refractivity (Wildman–Crippen MR) is 123 cm³/mol. The smallest absolute Gasteiger partial charge is 0.227 e. The summed E-state index contributed by atoms with van der Waals surface area (Å²) in [6.07, 6.45) is 1.87. The zero-order chi connectivity index (χ0) is 20.2. The van der Waals surface area contributed by atoms with E-state index in [1.807, 2.05) is 6.07 Å². The summed E-state index contributed by atoms with van der Waals surface area (Å²) in [6.45, 7) is 4.39. The number of para-hydroxylation sites is 3. The minimum Gasteiger partial charge on any atom is -0.435 e. The Kier molecular flexibility index (Phi) is 3.62. The highest BCUT2D eigenvalue weighted by Gasteiger charge is 2.36. The largest absolute Gasteiger partial charge is 0.435 e. The molecular formula is C26H21N3O. The van der Waals surface area contributed by atoms with Crippen LogP contribution in [0.1, 0.15) is 12.5 Å². The van der Waals surface area contributed by atoms with Crippen LogP contribution >= 0.6 is 0 Å². The highest BCUT2D eigenvalue weighted by molar-refractivity contribution is 6.10. The van der Waals surface area contributed by atoms with Gasteiger partial charge in [-0.05, 0) is 55.8 Å². The van der Waals surface area contributed by atoms with Crippen LogP contribution in [0.5, 0.6) is 0 Å². The fourth-order valence-corrected chi connectivity index (χ4v) is 4.70. The van der Waals surface area contributed by atoms with E-state index in [1.54, 1.807) is 6.20 Å². The molecule has 3 heterocycles. The van der Waals surface area contributed by atoms with Crippen molar-refractivity contribution in [2.24, 2.45) is 0 Å². The van der Waals surface area contributed by atoms with Gasteiger partial charge in [-0.15, -0.1) is 0 Å². The molecule has 0 saturated heterocycles. The Bertz CT molecular complexity index is 1390. The predicted octanol–water partition coefficient (Wildman–Crippen LogP) is 6.93. The quantitative estimate of drug-likeness (QED) is 0.327. The Morgan fingerprint density at radius 3 is 2.30 bits per heavy atom. The van der Waals surface area contributed by atoms with Gasteiger partial charge in [-0.25, -0.2) is 4.98 Å². The van der Waals surface area contributed by atoms with Crippen molar-refractivity contribution < 1.29 is 4.42 Å². The van der Waals surface area contributed by atoms with Crippen LogP contribution in [-0.4, -0.2) is 11.1 Å². The standard InChI is InChI=1S/C26H21N3O/c1-17-14-15-20-21-11-8-16-27-26(21)30-25(20)24(17)29-18(2)28(19-9-4-3-5-10-19)22-12-6-7-13-23(22)29/h3-16,18H,1-2H3/t18-/m0/s1. The summed E-state index contributed by atoms with van der Waals surface area (Å²) in [5.41, 5.74) is 7.40. The molecule has 1 atom stereocenters. The van der Waals surface area contributed by atoms with E-state index in [4.69, 9.17) is 4.42 Å². The molecule has 0 bridgehead atoms. The third kappa shape index (κ3) is 2.31. The summed E-state index contributed by atoms with van der Waals surface area (Å²) >= 11 is 0. The van der Waals surface area contributed by atoms with Crippen molar-refractivity contribution in [3.8, 4) is 0 Å². The first kappa shape index (κ1) is 17.1. The summed E-state index contributed by atoms with van der Waals surface area (Å²) in [5, 5.41) is 2.15. The molecule has 5 aromatic rings. The molecule has 1 aliphatic heterocycles. The van der Waals surface area contributed by atoms with Crippen LogP contribution in [0.4, 0.5) is 22.7 Å². The molecule has 30 heavy (non-hydrogen) atoms. The number of benzene rings is 3. The molecule has 0 saturated carbocycles. The summed E-state index contributed by atoms with van der Waals surface area (Å²) in [5.74, 6) is 0. The lowest BCUT2D eigenvalue weighted by atomic mass is 10.1. The van der Waals surface area contributed by atoms with Crippen molar-refractivity contribution in [2.45, 2.75) is 20.0 Å². The van der Waals surface area contributed by atoms with Crippen LogP contribution in [0.15, 0.2) is 89.5 Å². The molecule has 6 rings (SSSR count). The fourth-order valence-electron chi connectivity index (χ4n) is 4.70. The molecule has 3 aromatic carbocycles. The van der Waals surface area contributed by atoms with Gasteiger partial charge in [0.15, 0.2) is 5.58 Å². The molecule has 0 amide bonds. The van der Waals surface area contributed by atoms with Gasteiger partial charge in [-0.1, -0.05) is 42.5 Å². The number of rotatable bonds is 2. The lowest BCUT2D eigenvalue weighted by Crippen LogP contribution is -2.35. The lowest BCUT2D eigenvalue weighted by Gasteiger charge is -2.31. The molecule has 0 N–H and O–H groups in total. The third-order valence-corrected chi connectivity index (χ3v) is 6.02. The normalized spacial score (nSPS) is 15.9. The number of nitrogens with zero attached hydrogens (tertiary/aromatic N) is 3. The van der Waals surface area contributed by atoms with E-state index in [0.29, 0.717) is 5.71 Å². The van der Waals surface area contributed by atoms with Crippen molar-refractivity contribution in [3.63, 3.8) is 0 Å². The van der Waals surface area contributed by atoms with Gasteiger partial charge in [0.2, 0.25) is 5.71 Å². The van der Waals surface area contributed by atoms with Crippen LogP contribution in [0.2, 0.25) is 0 Å². The van der Waals surface area contributed by atoms with Gasteiger partial charge in [0, 0.05) is 22.7 Å². The van der Waals surface area contributed by atoms with Crippen molar-refractivity contribution in [1.29, 1.82) is 0 Å². The monoisotopic (exact) mass is 391 g/mol. The fraction of sp³-hybridized carbons (Fsp3) is 0.115. The summed E-state index contributed by atoms with van der Waals surface area (Å²) in [4.78, 5) is 9.22. The van der Waals surface area contributed by atoms with Crippen molar-refractivity contribution in [3.05, 3.63) is 90.6 Å². The number of hydrogen-bond donors (Lipinski definition) is 0. The molecule has 0 spiro atoms. The van der Waals surface area contributed by atoms with Gasteiger partial charge in [0.25, 0.3) is 0 Å². The van der Waals surface area contributed by atoms with Crippen LogP contribution in [0.25, 0.3) is 22.1 Å². The molecule has 146 valence electrons. The Morgan fingerprint density at radius 1 is 0.767 bits per heavy atom. The molecule has 4 nitrogen and oxygen atoms in total. The van der Waals surface area contributed by atoms with Gasteiger partial charge < -0.3 is 14.2 Å². The SMILES string of the molecule is Cc1ccc2c(oc3ncccc32)c1N1c2ccccc2N(c2ccccc2)[C@@H]1C. The molecule has 2 aromatic heterocycles. The molecule has 4 heteroatoms. The second-order valence-electron chi connectivity index (χ2n) is 7.76. The molecule has 0 unspecified atom stereocenters. The van der Waals surface area contributed by atoms with Crippen molar-refractivity contribution in [2.75, 3.05) is 9.80 Å². The number of pyridine rings is 1. The second-order valence-corrected chi connectivity index (χ2v) is 7.76. The average Bonchev–Trinajstić information content (AvgIpc) is 3.29. The highest BCUT2D eigenvalue weighted by Crippen LogP contribution is 2.50. The average molecular weight is 391 g/mol. The number of anilines is 4. The van der Waals surface area contributed by atoms with E-state index >= 15 is 0 Å². The Hall–Kier alpha value is -3.79. The maximum atomic E-state index is 6.31. The lowest BCUT2D eigenvalue weighted by molar-refractivity contribution is 0.649. The molecule has 0 radical (unpaired) electrons. The van der Waals surface area contributed by atoms with E-state index < -0.39 is 0 Å². The van der Waals surface area contributed by atoms with E-state index in [9.17, 15) is 0 Å². The van der Waals surface area contributed by atoms with E-state index in [2.05, 4.69) is 101 Å². The van der Waals surface area contributed by atoms with Crippen LogP contribution < -0.4 is 9.80 Å². The Morgan fingerprint density at radius 2 is 1.50 bits per heavy atom. The Balaban J connectivity index is 1.63. The first-order valence-electron chi connectivity index (χ1n) is 10.2. The zero-order valence-corrected chi connectivity index (χ0v) is 16.9. The van der Waals surface area contributed by atoms with E-state index in [1.165, 1.54) is 22.6 Å². The Labute approximate surface area is 175 Å². The van der Waals surface area contributed by atoms with Crippen LogP contribution in [0.3, 0.4) is 0 Å². The maximum Gasteiger partial charge on any atom is 0.227 e. The first-order valence-corrected chi connectivity index (χ1v) is 10.2. The van der Waals surface area contributed by atoms with Crippen LogP contribution in [-0.2, 0) is 0 Å². The molecule has 0 aliphatic carbocycles. The minimum atomic E-state index is 0.0928. The summed E-state index contributed by atoms with van der Waals surface area (Å²) in [7, 11) is 0. The molecular weight excluding hydrogens is 370 g/mol. The maximum absolute atomic E-state index is 6.31. The highest BCUT2D eigenvalue weighted by atomic mass is 16.3. The van der Waals surface area contributed by atoms with Gasteiger partial charge in [-0.3, -0.25) is 0 Å². The number of fused-ring (bicyclic) bond motifs is 4. The van der Waals surface area contributed by atoms with Gasteiger partial charge in [0.05, 0.1) is 17.1 Å². The van der Waals surface area contributed by atoms with E-state index in [0.717, 1.165) is 22.0 Å². The second kappa shape index (κ2) is 6.36. The van der Waals surface area contributed by atoms with Crippen LogP contribution in [0, 0.1) is 6.92 Å². The van der Waals surface area contributed by atoms with Gasteiger partial charge in [0.1, 0.15) is 6.17 Å². The molecule has 0 fully saturated rings. The van der Waals surface area contributed by atoms with Gasteiger partial charge in [-0.2, -0.15) is 0 Å². The summed E-state index contributed by atoms with van der Waals surface area (Å²) < 4.78 is 6.31. The third-order valence-electron chi connectivity index (χ3n) is 6.02. The van der Waals surface area contributed by atoms with Gasteiger partial charge >= 0.3 is 0 Å². The number of hydrogen-bond acceptors (Lipinski definition) is 4. The summed E-state index contributed by atoms with van der Waals surface area (Å²) in [6, 6.07) is 27.5. The topological polar surface area (TPSA) is 32.5 Å². The zero-order valence-electron chi connectivity index (χ0n) is 16.9. The van der Waals surface area contributed by atoms with E-state index in [-0.39, 0.29) is 6.17 Å². The minimum absolute atomic E-state index is 0.0928. The number of aromatic nitrogens is 1. The van der Waals surface area contributed by atoms with Crippen molar-refractivity contribution >= 4 is 44.8 Å². The van der Waals surface area contributed by atoms with Crippen molar-refractivity contribution in [1.82, 2.24) is 4.98 Å². The number of furan rings is 1. The number of aryl methyl sites for hydroxylation is 1.